The van der Waals surface area contributed by atoms with Crippen molar-refractivity contribution < 1.29 is 17.9 Å². The first-order valence-electron chi connectivity index (χ1n) is 7.63. The van der Waals surface area contributed by atoms with Crippen LogP contribution in [0.2, 0.25) is 0 Å². The molecule has 2 N–H and O–H groups in total. The van der Waals surface area contributed by atoms with E-state index in [0.717, 1.165) is 18.9 Å². The summed E-state index contributed by atoms with van der Waals surface area (Å²) in [6.45, 7) is 2.16. The third-order valence-corrected chi connectivity index (χ3v) is 3.83. The van der Waals surface area contributed by atoms with Crippen LogP contribution in [0.15, 0.2) is 12.1 Å². The Morgan fingerprint density at radius 1 is 1.36 bits per heavy atom. The highest BCUT2D eigenvalue weighted by Crippen LogP contribution is 2.32. The zero-order valence-electron chi connectivity index (χ0n) is 13.3. The second kappa shape index (κ2) is 6.68. The van der Waals surface area contributed by atoms with Gasteiger partial charge in [-0.25, -0.2) is 9.97 Å². The number of hydrogen-bond donors (Lipinski definition) is 2. The SMILES string of the molecule is Cc1nc([C@@H]2CC[C@H](CNc3ccc(C(F)(F)F)c(C#N)n3)O2)n[nH]1. The number of aromatic amines is 1. The summed E-state index contributed by atoms with van der Waals surface area (Å²) in [6, 6.07) is 3.53. The summed E-state index contributed by atoms with van der Waals surface area (Å²) in [7, 11) is 0. The van der Waals surface area contributed by atoms with Gasteiger partial charge in [0, 0.05) is 6.54 Å². The molecule has 1 fully saturated rings. The van der Waals surface area contributed by atoms with E-state index in [-0.39, 0.29) is 18.0 Å². The van der Waals surface area contributed by atoms with Crippen molar-refractivity contribution in [1.29, 1.82) is 5.26 Å². The predicted molar refractivity (Wildman–Crippen MR) is 80.4 cm³/mol. The fourth-order valence-corrected chi connectivity index (χ4v) is 2.64. The minimum absolute atomic E-state index is 0.140. The monoisotopic (exact) mass is 352 g/mol. The summed E-state index contributed by atoms with van der Waals surface area (Å²) in [5, 5.41) is 18.6. The van der Waals surface area contributed by atoms with E-state index in [1.165, 1.54) is 12.1 Å². The standard InChI is InChI=1S/C15H15F3N6O/c1-8-21-14(24-23-8)12-4-2-9(25-12)7-20-13-5-3-10(15(16,17)18)11(6-19)22-13/h3,5,9,12H,2,4,7H2,1H3,(H,20,22)(H,21,23,24)/t9-,12+/m1/s1. The highest BCUT2D eigenvalue weighted by molar-refractivity contribution is 5.44. The Bertz CT molecular complexity index is 797. The van der Waals surface area contributed by atoms with Crippen molar-refractivity contribution in [2.24, 2.45) is 0 Å². The number of halogens is 3. The molecule has 0 bridgehead atoms. The first kappa shape index (κ1) is 17.2. The number of nitriles is 1. The molecular formula is C15H15F3N6O. The summed E-state index contributed by atoms with van der Waals surface area (Å²) < 4.78 is 44.1. The van der Waals surface area contributed by atoms with E-state index in [1.807, 2.05) is 0 Å². The molecule has 3 rings (SSSR count). The van der Waals surface area contributed by atoms with Gasteiger partial charge in [-0.15, -0.1) is 0 Å². The fourth-order valence-electron chi connectivity index (χ4n) is 2.64. The number of H-pyrrole nitrogens is 1. The second-order valence-corrected chi connectivity index (χ2v) is 5.69. The van der Waals surface area contributed by atoms with Crippen molar-refractivity contribution in [3.63, 3.8) is 0 Å². The maximum atomic E-state index is 12.8. The number of aryl methyl sites for hydroxylation is 1. The van der Waals surface area contributed by atoms with Crippen LogP contribution in [0, 0.1) is 18.3 Å². The van der Waals surface area contributed by atoms with Crippen LogP contribution < -0.4 is 5.32 Å². The van der Waals surface area contributed by atoms with E-state index in [9.17, 15) is 13.2 Å². The molecule has 0 aliphatic carbocycles. The third-order valence-electron chi connectivity index (χ3n) is 3.83. The highest BCUT2D eigenvalue weighted by atomic mass is 19.4. The van der Waals surface area contributed by atoms with Gasteiger partial charge in [-0.3, -0.25) is 5.10 Å². The Balaban J connectivity index is 1.60. The van der Waals surface area contributed by atoms with Gasteiger partial charge in [0.2, 0.25) is 0 Å². The smallest absolute Gasteiger partial charge is 0.367 e. The Labute approximate surface area is 141 Å². The predicted octanol–water partition coefficient (Wildman–Crippen LogP) is 2.73. The highest BCUT2D eigenvalue weighted by Gasteiger charge is 2.34. The maximum absolute atomic E-state index is 12.8. The number of aromatic nitrogens is 4. The normalized spacial score (nSPS) is 20.4. The largest absolute Gasteiger partial charge is 0.419 e. The number of hydrogen-bond acceptors (Lipinski definition) is 6. The number of ether oxygens (including phenoxy) is 1. The molecule has 25 heavy (non-hydrogen) atoms. The molecule has 0 spiro atoms. The van der Waals surface area contributed by atoms with Crippen molar-refractivity contribution >= 4 is 5.82 Å². The van der Waals surface area contributed by atoms with Gasteiger partial charge in [0.25, 0.3) is 0 Å². The van der Waals surface area contributed by atoms with Crippen molar-refractivity contribution in [1.82, 2.24) is 20.2 Å². The van der Waals surface area contributed by atoms with E-state index < -0.39 is 17.4 Å². The van der Waals surface area contributed by atoms with E-state index in [0.29, 0.717) is 18.2 Å². The summed E-state index contributed by atoms with van der Waals surface area (Å²) in [5.41, 5.74) is -1.70. The van der Waals surface area contributed by atoms with E-state index in [1.54, 1.807) is 6.92 Å². The molecular weight excluding hydrogens is 337 g/mol. The molecule has 132 valence electrons. The average molecular weight is 352 g/mol. The molecule has 0 aromatic carbocycles. The lowest BCUT2D eigenvalue weighted by Gasteiger charge is -2.14. The van der Waals surface area contributed by atoms with Crippen molar-refractivity contribution in [2.45, 2.75) is 38.1 Å². The topological polar surface area (TPSA) is 99.5 Å². The molecule has 1 aliphatic heterocycles. The molecule has 1 aliphatic rings. The van der Waals surface area contributed by atoms with Crippen LogP contribution in [0.1, 0.15) is 41.9 Å². The molecule has 10 heteroatoms. The number of anilines is 1. The van der Waals surface area contributed by atoms with Crippen LogP contribution in [-0.4, -0.2) is 32.8 Å². The summed E-state index contributed by atoms with van der Waals surface area (Å²) >= 11 is 0. The van der Waals surface area contributed by atoms with Crippen LogP contribution in [0.5, 0.6) is 0 Å². The maximum Gasteiger partial charge on any atom is 0.419 e. The number of nitrogens with zero attached hydrogens (tertiary/aromatic N) is 4. The Morgan fingerprint density at radius 2 is 2.16 bits per heavy atom. The fraction of sp³-hybridized carbons (Fsp3) is 0.467. The van der Waals surface area contributed by atoms with E-state index in [4.69, 9.17) is 10.00 Å². The van der Waals surface area contributed by atoms with Gasteiger partial charge in [0.05, 0.1) is 11.7 Å². The number of nitrogens with one attached hydrogen (secondary N) is 2. The van der Waals surface area contributed by atoms with Gasteiger partial charge in [0.1, 0.15) is 23.8 Å². The molecule has 2 aromatic heterocycles. The molecule has 0 amide bonds. The lowest BCUT2D eigenvalue weighted by molar-refractivity contribution is -0.138. The lowest BCUT2D eigenvalue weighted by Crippen LogP contribution is -2.20. The molecule has 0 unspecified atom stereocenters. The van der Waals surface area contributed by atoms with E-state index >= 15 is 0 Å². The van der Waals surface area contributed by atoms with Gasteiger partial charge < -0.3 is 10.1 Å². The third kappa shape index (κ3) is 3.88. The Hall–Kier alpha value is -2.67. The second-order valence-electron chi connectivity index (χ2n) is 5.69. The van der Waals surface area contributed by atoms with Gasteiger partial charge in [-0.05, 0) is 31.9 Å². The van der Waals surface area contributed by atoms with Gasteiger partial charge in [0.15, 0.2) is 11.5 Å². The first-order chi connectivity index (χ1) is 11.9. The quantitative estimate of drug-likeness (QED) is 0.878. The van der Waals surface area contributed by atoms with Crippen LogP contribution in [0.4, 0.5) is 19.0 Å². The zero-order chi connectivity index (χ0) is 18.0. The molecule has 7 nitrogen and oxygen atoms in total. The number of pyridine rings is 1. The number of alkyl halides is 3. The van der Waals surface area contributed by atoms with Gasteiger partial charge in [-0.2, -0.15) is 23.5 Å². The summed E-state index contributed by atoms with van der Waals surface area (Å²) in [4.78, 5) is 7.96. The molecule has 2 aromatic rings. The van der Waals surface area contributed by atoms with Crippen LogP contribution >= 0.6 is 0 Å². The lowest BCUT2D eigenvalue weighted by atomic mass is 10.2. The van der Waals surface area contributed by atoms with Gasteiger partial charge in [-0.1, -0.05) is 0 Å². The van der Waals surface area contributed by atoms with Crippen LogP contribution in [0.25, 0.3) is 0 Å². The number of rotatable bonds is 4. The minimum Gasteiger partial charge on any atom is -0.367 e. The van der Waals surface area contributed by atoms with Crippen molar-refractivity contribution in [2.75, 3.05) is 11.9 Å². The van der Waals surface area contributed by atoms with Gasteiger partial charge >= 0.3 is 6.18 Å². The first-order valence-corrected chi connectivity index (χ1v) is 7.63. The average Bonchev–Trinajstić information content (AvgIpc) is 3.20. The molecule has 3 heterocycles. The summed E-state index contributed by atoms with van der Waals surface area (Å²) in [6.07, 6.45) is -3.43. The molecule has 2 atom stereocenters. The van der Waals surface area contributed by atoms with Crippen molar-refractivity contribution in [3.8, 4) is 6.07 Å². The van der Waals surface area contributed by atoms with Crippen LogP contribution in [0.3, 0.4) is 0 Å². The zero-order valence-corrected chi connectivity index (χ0v) is 13.3. The molecule has 1 saturated heterocycles. The molecule has 0 radical (unpaired) electrons. The Morgan fingerprint density at radius 3 is 2.80 bits per heavy atom. The van der Waals surface area contributed by atoms with E-state index in [2.05, 4.69) is 25.5 Å². The minimum atomic E-state index is -4.60. The summed E-state index contributed by atoms with van der Waals surface area (Å²) in [5.74, 6) is 1.50. The van der Waals surface area contributed by atoms with Crippen LogP contribution in [-0.2, 0) is 10.9 Å². The Kier molecular flexibility index (Phi) is 4.59. The molecule has 0 saturated carbocycles. The van der Waals surface area contributed by atoms with Crippen molar-refractivity contribution in [3.05, 3.63) is 35.0 Å².